The van der Waals surface area contributed by atoms with Crippen LogP contribution < -0.4 is 0 Å². The van der Waals surface area contributed by atoms with Crippen LogP contribution in [0.5, 0.6) is 0 Å². The number of H-pyrrole nitrogens is 1. The van der Waals surface area contributed by atoms with Gasteiger partial charge in [-0.1, -0.05) is 31.2 Å². The predicted octanol–water partition coefficient (Wildman–Crippen LogP) is 2.03. The van der Waals surface area contributed by atoms with Crippen molar-refractivity contribution in [3.8, 4) is 11.3 Å². The molecule has 0 atom stereocenters. The Morgan fingerprint density at radius 2 is 1.86 bits per heavy atom. The molecule has 1 fully saturated rings. The summed E-state index contributed by atoms with van der Waals surface area (Å²) in [6, 6.07) is 10.2. The van der Waals surface area contributed by atoms with Crippen LogP contribution in [0.15, 0.2) is 30.3 Å². The van der Waals surface area contributed by atoms with Crippen molar-refractivity contribution in [1.29, 1.82) is 0 Å². The molecule has 0 unspecified atom stereocenters. The molecule has 1 aliphatic rings. The van der Waals surface area contributed by atoms with E-state index in [9.17, 15) is 4.79 Å². The van der Waals surface area contributed by atoms with Gasteiger partial charge in [-0.2, -0.15) is 5.10 Å². The number of piperazine rings is 1. The standard InChI is InChI=1S/C17H22N4O/c1-3-13-4-6-14(7-5-13)15-12-16(19-18-15)17(22)21-10-8-20(2)9-11-21/h4-7,12H,3,8-11H2,1-2H3,(H,18,19). The second-order valence-electron chi connectivity index (χ2n) is 5.81. The van der Waals surface area contributed by atoms with Gasteiger partial charge in [-0.25, -0.2) is 0 Å². The summed E-state index contributed by atoms with van der Waals surface area (Å²) in [7, 11) is 2.08. The minimum Gasteiger partial charge on any atom is -0.335 e. The monoisotopic (exact) mass is 298 g/mol. The largest absolute Gasteiger partial charge is 0.335 e. The van der Waals surface area contributed by atoms with Gasteiger partial charge >= 0.3 is 0 Å². The summed E-state index contributed by atoms with van der Waals surface area (Å²) in [5, 5.41) is 7.18. The number of carbonyl (C=O) groups is 1. The zero-order valence-corrected chi connectivity index (χ0v) is 13.2. The number of likely N-dealkylation sites (N-methyl/N-ethyl adjacent to an activating group) is 1. The fourth-order valence-corrected chi connectivity index (χ4v) is 2.67. The Morgan fingerprint density at radius 1 is 1.18 bits per heavy atom. The molecular weight excluding hydrogens is 276 g/mol. The van der Waals surface area contributed by atoms with Gasteiger partial charge in [0.25, 0.3) is 5.91 Å². The van der Waals surface area contributed by atoms with Gasteiger partial charge in [-0.3, -0.25) is 9.89 Å². The average molecular weight is 298 g/mol. The molecule has 22 heavy (non-hydrogen) atoms. The summed E-state index contributed by atoms with van der Waals surface area (Å²) in [5.74, 6) is 0.0389. The molecule has 116 valence electrons. The third kappa shape index (κ3) is 3.04. The molecule has 5 heteroatoms. The minimum absolute atomic E-state index is 0.0389. The van der Waals surface area contributed by atoms with Crippen molar-refractivity contribution < 1.29 is 4.79 Å². The normalized spacial score (nSPS) is 16.0. The van der Waals surface area contributed by atoms with Crippen LogP contribution in [0.2, 0.25) is 0 Å². The Hall–Kier alpha value is -2.14. The predicted molar refractivity (Wildman–Crippen MR) is 86.8 cm³/mol. The lowest BCUT2D eigenvalue weighted by atomic mass is 10.1. The van der Waals surface area contributed by atoms with Crippen molar-refractivity contribution in [3.63, 3.8) is 0 Å². The summed E-state index contributed by atoms with van der Waals surface area (Å²) in [6.07, 6.45) is 1.02. The van der Waals surface area contributed by atoms with E-state index in [2.05, 4.69) is 53.3 Å². The lowest BCUT2D eigenvalue weighted by Gasteiger charge is -2.31. The molecule has 1 aromatic carbocycles. The molecule has 0 saturated carbocycles. The van der Waals surface area contributed by atoms with Crippen LogP contribution in [0.1, 0.15) is 23.0 Å². The molecule has 1 amide bonds. The van der Waals surface area contributed by atoms with Gasteiger partial charge in [0.05, 0.1) is 5.69 Å². The van der Waals surface area contributed by atoms with Crippen molar-refractivity contribution in [2.75, 3.05) is 33.2 Å². The van der Waals surface area contributed by atoms with E-state index < -0.39 is 0 Å². The quantitative estimate of drug-likeness (QED) is 0.943. The van der Waals surface area contributed by atoms with E-state index in [1.807, 2.05) is 11.0 Å². The number of aromatic nitrogens is 2. The number of nitrogens with zero attached hydrogens (tertiary/aromatic N) is 3. The first-order chi connectivity index (χ1) is 10.7. The average Bonchev–Trinajstić information content (AvgIpc) is 3.05. The molecule has 2 heterocycles. The highest BCUT2D eigenvalue weighted by Gasteiger charge is 2.22. The van der Waals surface area contributed by atoms with Crippen LogP contribution in [-0.4, -0.2) is 59.1 Å². The number of rotatable bonds is 3. The molecule has 1 aliphatic heterocycles. The molecule has 1 N–H and O–H groups in total. The third-order valence-corrected chi connectivity index (χ3v) is 4.26. The topological polar surface area (TPSA) is 52.2 Å². The lowest BCUT2D eigenvalue weighted by Crippen LogP contribution is -2.47. The van der Waals surface area contributed by atoms with E-state index in [4.69, 9.17) is 0 Å². The molecule has 0 radical (unpaired) electrons. The molecule has 0 aliphatic carbocycles. The zero-order valence-electron chi connectivity index (χ0n) is 13.2. The fraction of sp³-hybridized carbons (Fsp3) is 0.412. The summed E-state index contributed by atoms with van der Waals surface area (Å²) < 4.78 is 0. The maximum atomic E-state index is 12.5. The summed E-state index contributed by atoms with van der Waals surface area (Å²) in [4.78, 5) is 16.6. The Bertz CT molecular complexity index is 639. The molecule has 1 aromatic heterocycles. The number of hydrogen-bond donors (Lipinski definition) is 1. The van der Waals surface area contributed by atoms with E-state index in [-0.39, 0.29) is 5.91 Å². The molecule has 0 bridgehead atoms. The first kappa shape index (κ1) is 14.8. The van der Waals surface area contributed by atoms with Crippen molar-refractivity contribution in [2.45, 2.75) is 13.3 Å². The molecule has 1 saturated heterocycles. The Kier molecular flexibility index (Phi) is 4.24. The molecule has 2 aromatic rings. The Balaban J connectivity index is 1.73. The van der Waals surface area contributed by atoms with E-state index in [1.54, 1.807) is 0 Å². The van der Waals surface area contributed by atoms with Crippen molar-refractivity contribution >= 4 is 5.91 Å². The van der Waals surface area contributed by atoms with Crippen LogP contribution >= 0.6 is 0 Å². The Labute approximate surface area is 130 Å². The first-order valence-electron chi connectivity index (χ1n) is 7.80. The van der Waals surface area contributed by atoms with Crippen molar-refractivity contribution in [1.82, 2.24) is 20.0 Å². The van der Waals surface area contributed by atoms with E-state index in [1.165, 1.54) is 5.56 Å². The second-order valence-corrected chi connectivity index (χ2v) is 5.81. The number of carbonyl (C=O) groups excluding carboxylic acids is 1. The number of hydrogen-bond acceptors (Lipinski definition) is 3. The smallest absolute Gasteiger partial charge is 0.271 e. The van der Waals surface area contributed by atoms with Crippen LogP contribution in [-0.2, 0) is 6.42 Å². The second kappa shape index (κ2) is 6.32. The van der Waals surface area contributed by atoms with Crippen LogP contribution in [0.25, 0.3) is 11.3 Å². The van der Waals surface area contributed by atoms with Crippen LogP contribution in [0.3, 0.4) is 0 Å². The minimum atomic E-state index is 0.0389. The molecule has 5 nitrogen and oxygen atoms in total. The van der Waals surface area contributed by atoms with E-state index >= 15 is 0 Å². The summed E-state index contributed by atoms with van der Waals surface area (Å²) in [6.45, 7) is 5.52. The molecule has 3 rings (SSSR count). The number of nitrogens with one attached hydrogen (secondary N) is 1. The van der Waals surface area contributed by atoms with Gasteiger partial charge in [-0.05, 0) is 25.1 Å². The van der Waals surface area contributed by atoms with Gasteiger partial charge in [-0.15, -0.1) is 0 Å². The highest BCUT2D eigenvalue weighted by molar-refractivity contribution is 5.93. The van der Waals surface area contributed by atoms with Gasteiger partial charge in [0.2, 0.25) is 0 Å². The number of amides is 1. The zero-order chi connectivity index (χ0) is 15.5. The van der Waals surface area contributed by atoms with E-state index in [0.29, 0.717) is 5.69 Å². The summed E-state index contributed by atoms with van der Waals surface area (Å²) in [5.41, 5.74) is 3.72. The third-order valence-electron chi connectivity index (χ3n) is 4.26. The number of aryl methyl sites for hydroxylation is 1. The van der Waals surface area contributed by atoms with Crippen LogP contribution in [0.4, 0.5) is 0 Å². The SMILES string of the molecule is CCc1ccc(-c2cc(C(=O)N3CCN(C)CC3)[nH]n2)cc1. The highest BCUT2D eigenvalue weighted by atomic mass is 16.2. The van der Waals surface area contributed by atoms with Gasteiger partial charge in [0.1, 0.15) is 5.69 Å². The number of aromatic amines is 1. The molecule has 0 spiro atoms. The van der Waals surface area contributed by atoms with Crippen molar-refractivity contribution in [2.24, 2.45) is 0 Å². The number of benzene rings is 1. The van der Waals surface area contributed by atoms with Gasteiger partial charge < -0.3 is 9.80 Å². The maximum absolute atomic E-state index is 12.5. The molecular formula is C17H22N4O. The van der Waals surface area contributed by atoms with Crippen molar-refractivity contribution in [3.05, 3.63) is 41.6 Å². The van der Waals surface area contributed by atoms with Gasteiger partial charge in [0.15, 0.2) is 0 Å². The maximum Gasteiger partial charge on any atom is 0.271 e. The van der Waals surface area contributed by atoms with Gasteiger partial charge in [0, 0.05) is 31.7 Å². The van der Waals surface area contributed by atoms with E-state index in [0.717, 1.165) is 43.9 Å². The fourth-order valence-electron chi connectivity index (χ4n) is 2.67. The highest BCUT2D eigenvalue weighted by Crippen LogP contribution is 2.19. The summed E-state index contributed by atoms with van der Waals surface area (Å²) >= 11 is 0. The first-order valence-corrected chi connectivity index (χ1v) is 7.80. The van der Waals surface area contributed by atoms with Crippen LogP contribution in [0, 0.1) is 0 Å². The Morgan fingerprint density at radius 3 is 2.50 bits per heavy atom. The lowest BCUT2D eigenvalue weighted by molar-refractivity contribution is 0.0658.